The summed E-state index contributed by atoms with van der Waals surface area (Å²) in [5.74, 6) is -0.591. The van der Waals surface area contributed by atoms with Crippen LogP contribution in [0.4, 0.5) is 4.79 Å². The standard InChI is InChI=1S/C17H31NO6/c1-6-8-14(19)22-12-10-18(16(21)24-17(3,4)5)11-13-23-15(20)9-7-2/h6-13H2,1-5H3. The quantitative estimate of drug-likeness (QED) is 0.447. The van der Waals surface area contributed by atoms with Crippen LogP contribution in [0.2, 0.25) is 0 Å². The number of hydrogen-bond acceptors (Lipinski definition) is 6. The lowest BCUT2D eigenvalue weighted by Gasteiger charge is -2.27. The Balaban J connectivity index is 4.45. The SMILES string of the molecule is CCCC(=O)OCCN(CCOC(=O)CCC)C(=O)OC(C)(C)C. The summed E-state index contributed by atoms with van der Waals surface area (Å²) in [5.41, 5.74) is -0.632. The van der Waals surface area contributed by atoms with Crippen LogP contribution in [0.3, 0.4) is 0 Å². The Kier molecular flexibility index (Phi) is 10.8. The molecule has 24 heavy (non-hydrogen) atoms. The van der Waals surface area contributed by atoms with Crippen molar-refractivity contribution in [3.05, 3.63) is 0 Å². The van der Waals surface area contributed by atoms with Crippen molar-refractivity contribution < 1.29 is 28.6 Å². The lowest BCUT2D eigenvalue weighted by atomic mass is 10.2. The summed E-state index contributed by atoms with van der Waals surface area (Å²) in [6, 6.07) is 0. The molecule has 0 spiro atoms. The average molecular weight is 345 g/mol. The molecule has 0 aromatic heterocycles. The molecule has 1 amide bonds. The van der Waals surface area contributed by atoms with Crippen molar-refractivity contribution in [2.45, 2.75) is 65.9 Å². The number of ether oxygens (including phenoxy) is 3. The van der Waals surface area contributed by atoms with Crippen LogP contribution in [0, 0.1) is 0 Å². The molecule has 140 valence electrons. The molecule has 0 heterocycles. The van der Waals surface area contributed by atoms with Gasteiger partial charge in [0, 0.05) is 12.8 Å². The van der Waals surface area contributed by atoms with Gasteiger partial charge in [-0.3, -0.25) is 9.59 Å². The van der Waals surface area contributed by atoms with Gasteiger partial charge in [-0.1, -0.05) is 13.8 Å². The fraction of sp³-hybridized carbons (Fsp3) is 0.824. The van der Waals surface area contributed by atoms with Gasteiger partial charge in [-0.05, 0) is 33.6 Å². The van der Waals surface area contributed by atoms with Crippen LogP contribution in [0.25, 0.3) is 0 Å². The molecule has 0 fully saturated rings. The van der Waals surface area contributed by atoms with Crippen molar-refractivity contribution in [3.8, 4) is 0 Å². The first-order valence-electron chi connectivity index (χ1n) is 8.48. The van der Waals surface area contributed by atoms with Gasteiger partial charge in [-0.25, -0.2) is 4.79 Å². The summed E-state index contributed by atoms with van der Waals surface area (Å²) < 4.78 is 15.4. The highest BCUT2D eigenvalue weighted by atomic mass is 16.6. The molecule has 0 saturated heterocycles. The van der Waals surface area contributed by atoms with Crippen molar-refractivity contribution in [1.29, 1.82) is 0 Å². The molecule has 0 bridgehead atoms. The van der Waals surface area contributed by atoms with Gasteiger partial charge in [-0.2, -0.15) is 0 Å². The molecule has 0 aromatic rings. The zero-order valence-electron chi connectivity index (χ0n) is 15.6. The van der Waals surface area contributed by atoms with E-state index >= 15 is 0 Å². The molecule has 0 aliphatic heterocycles. The van der Waals surface area contributed by atoms with Gasteiger partial charge in [0.1, 0.15) is 18.8 Å². The molecule has 0 atom stereocenters. The first-order valence-corrected chi connectivity index (χ1v) is 8.48. The number of hydrogen-bond donors (Lipinski definition) is 0. The first kappa shape index (κ1) is 22.2. The Bertz CT molecular complexity index is 378. The van der Waals surface area contributed by atoms with E-state index in [1.54, 1.807) is 20.8 Å². The largest absolute Gasteiger partial charge is 0.464 e. The maximum atomic E-state index is 12.2. The topological polar surface area (TPSA) is 82.1 Å². The van der Waals surface area contributed by atoms with Crippen LogP contribution < -0.4 is 0 Å². The van der Waals surface area contributed by atoms with Crippen LogP contribution in [-0.4, -0.2) is 54.8 Å². The number of rotatable bonds is 10. The van der Waals surface area contributed by atoms with E-state index in [4.69, 9.17) is 14.2 Å². The highest BCUT2D eigenvalue weighted by Crippen LogP contribution is 2.10. The van der Waals surface area contributed by atoms with Crippen molar-refractivity contribution >= 4 is 18.0 Å². The van der Waals surface area contributed by atoms with E-state index in [0.717, 1.165) is 0 Å². The van der Waals surface area contributed by atoms with Gasteiger partial charge in [0.05, 0.1) is 13.1 Å². The predicted molar refractivity (Wildman–Crippen MR) is 89.5 cm³/mol. The molecule has 0 radical (unpaired) electrons. The van der Waals surface area contributed by atoms with Crippen LogP contribution in [0.1, 0.15) is 60.3 Å². The summed E-state index contributed by atoms with van der Waals surface area (Å²) in [5, 5.41) is 0. The Morgan fingerprint density at radius 1 is 0.833 bits per heavy atom. The third kappa shape index (κ3) is 11.7. The lowest BCUT2D eigenvalue weighted by molar-refractivity contribution is -0.144. The molecule has 0 unspecified atom stereocenters. The van der Waals surface area contributed by atoms with Crippen LogP contribution in [0.5, 0.6) is 0 Å². The summed E-state index contributed by atoms with van der Waals surface area (Å²) in [6.07, 6.45) is 1.59. The average Bonchev–Trinajstić information content (AvgIpc) is 2.44. The summed E-state index contributed by atoms with van der Waals surface area (Å²) in [7, 11) is 0. The van der Waals surface area contributed by atoms with Crippen molar-refractivity contribution in [2.75, 3.05) is 26.3 Å². The van der Waals surface area contributed by atoms with Crippen molar-refractivity contribution in [1.82, 2.24) is 4.90 Å². The number of carbonyl (C=O) groups excluding carboxylic acids is 3. The normalized spacial score (nSPS) is 10.9. The van der Waals surface area contributed by atoms with Crippen LogP contribution >= 0.6 is 0 Å². The highest BCUT2D eigenvalue weighted by Gasteiger charge is 2.22. The van der Waals surface area contributed by atoms with E-state index in [9.17, 15) is 14.4 Å². The van der Waals surface area contributed by atoms with E-state index in [-0.39, 0.29) is 38.2 Å². The molecular weight excluding hydrogens is 314 g/mol. The molecule has 0 N–H and O–H groups in total. The molecule has 0 rings (SSSR count). The van der Waals surface area contributed by atoms with E-state index in [2.05, 4.69) is 0 Å². The number of esters is 2. The second-order valence-electron chi connectivity index (χ2n) is 6.41. The molecule has 7 nitrogen and oxygen atoms in total. The molecule has 0 aliphatic carbocycles. The zero-order valence-corrected chi connectivity index (χ0v) is 15.6. The Morgan fingerprint density at radius 2 is 1.25 bits per heavy atom. The third-order valence-electron chi connectivity index (χ3n) is 2.81. The molecular formula is C17H31NO6. The predicted octanol–water partition coefficient (Wildman–Crippen LogP) is 2.91. The monoisotopic (exact) mass is 345 g/mol. The maximum absolute atomic E-state index is 12.2. The first-order chi connectivity index (χ1) is 11.2. The van der Waals surface area contributed by atoms with Crippen molar-refractivity contribution in [3.63, 3.8) is 0 Å². The van der Waals surface area contributed by atoms with E-state index in [1.807, 2.05) is 13.8 Å². The Morgan fingerprint density at radius 3 is 1.58 bits per heavy atom. The zero-order chi connectivity index (χ0) is 18.6. The second-order valence-corrected chi connectivity index (χ2v) is 6.41. The van der Waals surface area contributed by atoms with E-state index < -0.39 is 11.7 Å². The van der Waals surface area contributed by atoms with Gasteiger partial charge in [0.25, 0.3) is 0 Å². The van der Waals surface area contributed by atoms with Crippen LogP contribution in [-0.2, 0) is 23.8 Å². The minimum atomic E-state index is -0.632. The second kappa shape index (κ2) is 11.7. The molecule has 0 aliphatic rings. The van der Waals surface area contributed by atoms with E-state index in [1.165, 1.54) is 4.90 Å². The Hall–Kier alpha value is -1.79. The highest BCUT2D eigenvalue weighted by molar-refractivity contribution is 5.70. The molecule has 7 heteroatoms. The summed E-state index contributed by atoms with van der Waals surface area (Å²) in [4.78, 5) is 36.3. The number of nitrogens with zero attached hydrogens (tertiary/aromatic N) is 1. The molecule has 0 aromatic carbocycles. The third-order valence-corrected chi connectivity index (χ3v) is 2.81. The fourth-order valence-electron chi connectivity index (χ4n) is 1.71. The summed E-state index contributed by atoms with van der Waals surface area (Å²) >= 11 is 0. The minimum absolute atomic E-state index is 0.0843. The number of amides is 1. The number of carbonyl (C=O) groups is 3. The van der Waals surface area contributed by atoms with Gasteiger partial charge < -0.3 is 19.1 Å². The minimum Gasteiger partial charge on any atom is -0.464 e. The van der Waals surface area contributed by atoms with Gasteiger partial charge in [-0.15, -0.1) is 0 Å². The smallest absolute Gasteiger partial charge is 0.410 e. The molecule has 0 saturated carbocycles. The summed E-state index contributed by atoms with van der Waals surface area (Å²) in [6.45, 7) is 9.63. The van der Waals surface area contributed by atoms with Crippen molar-refractivity contribution in [2.24, 2.45) is 0 Å². The van der Waals surface area contributed by atoms with Gasteiger partial charge >= 0.3 is 18.0 Å². The fourth-order valence-corrected chi connectivity index (χ4v) is 1.71. The van der Waals surface area contributed by atoms with Gasteiger partial charge in [0.15, 0.2) is 0 Å². The van der Waals surface area contributed by atoms with E-state index in [0.29, 0.717) is 25.7 Å². The van der Waals surface area contributed by atoms with Crippen LogP contribution in [0.15, 0.2) is 0 Å². The maximum Gasteiger partial charge on any atom is 0.410 e. The lowest BCUT2D eigenvalue weighted by Crippen LogP contribution is -2.41. The van der Waals surface area contributed by atoms with Gasteiger partial charge in [0.2, 0.25) is 0 Å². The Labute approximate surface area is 144 Å².